The van der Waals surface area contributed by atoms with Gasteiger partial charge in [-0.3, -0.25) is 4.90 Å². The minimum absolute atomic E-state index is 0.0871. The number of hydrogen-bond acceptors (Lipinski definition) is 1. The molecule has 1 aliphatic carbocycles. The first-order valence-corrected chi connectivity index (χ1v) is 10.9. The molecule has 2 aliphatic rings. The summed E-state index contributed by atoms with van der Waals surface area (Å²) < 4.78 is 14.2. The fraction of sp³-hybridized carbons (Fsp3) is 0.680. The molecular formula is C25H38FN. The van der Waals surface area contributed by atoms with Crippen LogP contribution in [0.2, 0.25) is 0 Å². The number of benzene rings is 1. The van der Waals surface area contributed by atoms with E-state index >= 15 is 0 Å². The maximum atomic E-state index is 14.2. The van der Waals surface area contributed by atoms with E-state index in [1.807, 2.05) is 12.1 Å². The first kappa shape index (κ1) is 20.6. The highest BCUT2D eigenvalue weighted by Crippen LogP contribution is 2.52. The van der Waals surface area contributed by atoms with Crippen LogP contribution in [0.4, 0.5) is 4.39 Å². The van der Waals surface area contributed by atoms with Gasteiger partial charge in [0.15, 0.2) is 0 Å². The molecular weight excluding hydrogens is 333 g/mol. The highest BCUT2D eigenvalue weighted by Gasteiger charge is 2.39. The van der Waals surface area contributed by atoms with Crippen LogP contribution < -0.4 is 0 Å². The van der Waals surface area contributed by atoms with E-state index in [1.54, 1.807) is 6.07 Å². The first-order valence-electron chi connectivity index (χ1n) is 10.9. The van der Waals surface area contributed by atoms with Crippen molar-refractivity contribution in [2.75, 3.05) is 19.6 Å². The third-order valence-electron chi connectivity index (χ3n) is 6.48. The summed E-state index contributed by atoms with van der Waals surface area (Å²) in [6.45, 7) is 15.1. The minimum atomic E-state index is -0.0871. The second kappa shape index (κ2) is 8.07. The van der Waals surface area contributed by atoms with E-state index in [-0.39, 0.29) is 5.82 Å². The monoisotopic (exact) mass is 371 g/mol. The lowest BCUT2D eigenvalue weighted by Crippen LogP contribution is -2.33. The quantitative estimate of drug-likeness (QED) is 0.537. The Morgan fingerprint density at radius 1 is 1.11 bits per heavy atom. The number of halogens is 1. The minimum Gasteiger partial charge on any atom is -0.299 e. The molecule has 1 heterocycles. The van der Waals surface area contributed by atoms with Gasteiger partial charge in [0.25, 0.3) is 0 Å². The molecule has 1 fully saturated rings. The summed E-state index contributed by atoms with van der Waals surface area (Å²) in [7, 11) is 0. The molecule has 0 bridgehead atoms. The van der Waals surface area contributed by atoms with Gasteiger partial charge in [0.2, 0.25) is 0 Å². The molecule has 1 aromatic carbocycles. The van der Waals surface area contributed by atoms with Gasteiger partial charge in [0.05, 0.1) is 0 Å². The number of rotatable bonds is 5. The van der Waals surface area contributed by atoms with Crippen LogP contribution in [0.5, 0.6) is 0 Å². The van der Waals surface area contributed by atoms with Gasteiger partial charge in [-0.05, 0) is 84.2 Å². The zero-order valence-corrected chi connectivity index (χ0v) is 18.1. The lowest BCUT2D eigenvalue weighted by Gasteiger charge is -2.45. The third-order valence-corrected chi connectivity index (χ3v) is 6.48. The van der Waals surface area contributed by atoms with Gasteiger partial charge in [0, 0.05) is 13.1 Å². The molecule has 0 N–H and O–H groups in total. The highest BCUT2D eigenvalue weighted by atomic mass is 19.1. The van der Waals surface area contributed by atoms with Crippen molar-refractivity contribution in [3.8, 4) is 0 Å². The molecule has 0 radical (unpaired) electrons. The van der Waals surface area contributed by atoms with Crippen molar-refractivity contribution in [2.24, 2.45) is 10.8 Å². The smallest absolute Gasteiger partial charge is 0.123 e. The molecule has 27 heavy (non-hydrogen) atoms. The number of nitrogens with zero attached hydrogens (tertiary/aromatic N) is 1. The van der Waals surface area contributed by atoms with E-state index in [1.165, 1.54) is 42.5 Å². The van der Waals surface area contributed by atoms with Crippen LogP contribution >= 0.6 is 0 Å². The van der Waals surface area contributed by atoms with Gasteiger partial charge in [-0.1, -0.05) is 53.2 Å². The summed E-state index contributed by atoms with van der Waals surface area (Å²) >= 11 is 0. The maximum absolute atomic E-state index is 14.2. The van der Waals surface area contributed by atoms with Gasteiger partial charge in [0.1, 0.15) is 5.82 Å². The van der Waals surface area contributed by atoms with Crippen molar-refractivity contribution in [3.05, 3.63) is 41.2 Å². The van der Waals surface area contributed by atoms with E-state index < -0.39 is 0 Å². The Kier molecular flexibility index (Phi) is 6.15. The lowest BCUT2D eigenvalue weighted by molar-refractivity contribution is 0.0967. The number of unbranched alkanes of at least 4 members (excludes halogenated alkanes) is 1. The first-order chi connectivity index (χ1) is 12.7. The second-order valence-electron chi connectivity index (χ2n) is 10.5. The normalized spacial score (nSPS) is 23.3. The molecule has 2 heteroatoms. The Balaban J connectivity index is 1.87. The van der Waals surface area contributed by atoms with Crippen molar-refractivity contribution in [1.29, 1.82) is 0 Å². The highest BCUT2D eigenvalue weighted by molar-refractivity contribution is 5.70. The molecule has 0 aromatic heterocycles. The molecule has 150 valence electrons. The van der Waals surface area contributed by atoms with Crippen LogP contribution in [0, 0.1) is 16.6 Å². The standard InChI is InChI=1S/C25H38FN/c1-6-7-12-27-13-10-19(11-14-27)22-9-8-21(26)15-23(22)20-16-24(2,3)18-25(4,5)17-20/h8-10,15,20H,6-7,11-14,16-18H2,1-5H3. The molecule has 1 saturated carbocycles. The summed E-state index contributed by atoms with van der Waals surface area (Å²) in [5, 5.41) is 0. The largest absolute Gasteiger partial charge is 0.299 e. The van der Waals surface area contributed by atoms with Crippen LogP contribution in [0.25, 0.3) is 5.57 Å². The van der Waals surface area contributed by atoms with Crippen LogP contribution in [-0.2, 0) is 0 Å². The van der Waals surface area contributed by atoms with E-state index in [2.05, 4.69) is 45.6 Å². The maximum Gasteiger partial charge on any atom is 0.123 e. The summed E-state index contributed by atoms with van der Waals surface area (Å²) in [6, 6.07) is 5.54. The van der Waals surface area contributed by atoms with Gasteiger partial charge >= 0.3 is 0 Å². The Bertz CT molecular complexity index is 670. The third kappa shape index (κ3) is 5.22. The molecule has 1 aliphatic heterocycles. The molecule has 3 rings (SSSR count). The van der Waals surface area contributed by atoms with Crippen LogP contribution in [-0.4, -0.2) is 24.5 Å². The van der Waals surface area contributed by atoms with Crippen molar-refractivity contribution in [1.82, 2.24) is 4.90 Å². The van der Waals surface area contributed by atoms with Crippen molar-refractivity contribution < 1.29 is 4.39 Å². The Hall–Kier alpha value is -1.15. The fourth-order valence-electron chi connectivity index (χ4n) is 5.77. The summed E-state index contributed by atoms with van der Waals surface area (Å²) in [5.74, 6) is 0.365. The SMILES string of the molecule is CCCCN1CC=C(c2ccc(F)cc2C2CC(C)(C)CC(C)(C)C2)CC1. The Morgan fingerprint density at radius 3 is 2.41 bits per heavy atom. The number of hydrogen-bond donors (Lipinski definition) is 0. The topological polar surface area (TPSA) is 3.24 Å². The summed E-state index contributed by atoms with van der Waals surface area (Å²) in [5.41, 5.74) is 4.62. The molecule has 0 spiro atoms. The van der Waals surface area contributed by atoms with Crippen molar-refractivity contribution in [3.63, 3.8) is 0 Å². The van der Waals surface area contributed by atoms with E-state index in [0.717, 1.165) is 32.4 Å². The van der Waals surface area contributed by atoms with Crippen molar-refractivity contribution in [2.45, 2.75) is 79.1 Å². The van der Waals surface area contributed by atoms with E-state index in [9.17, 15) is 4.39 Å². The van der Waals surface area contributed by atoms with E-state index in [0.29, 0.717) is 16.7 Å². The van der Waals surface area contributed by atoms with Gasteiger partial charge in [-0.2, -0.15) is 0 Å². The predicted molar refractivity (Wildman–Crippen MR) is 114 cm³/mol. The van der Waals surface area contributed by atoms with E-state index in [4.69, 9.17) is 0 Å². The summed E-state index contributed by atoms with van der Waals surface area (Å²) in [6.07, 6.45) is 9.57. The fourth-order valence-corrected chi connectivity index (χ4v) is 5.77. The molecule has 0 saturated heterocycles. The van der Waals surface area contributed by atoms with Crippen LogP contribution in [0.1, 0.15) is 90.2 Å². The summed E-state index contributed by atoms with van der Waals surface area (Å²) in [4.78, 5) is 2.54. The van der Waals surface area contributed by atoms with Crippen LogP contribution in [0.15, 0.2) is 24.3 Å². The van der Waals surface area contributed by atoms with Gasteiger partial charge < -0.3 is 0 Å². The Morgan fingerprint density at radius 2 is 1.81 bits per heavy atom. The zero-order valence-electron chi connectivity index (χ0n) is 18.1. The van der Waals surface area contributed by atoms with Gasteiger partial charge in [-0.15, -0.1) is 0 Å². The predicted octanol–water partition coefficient (Wildman–Crippen LogP) is 7.03. The molecule has 1 nitrogen and oxygen atoms in total. The van der Waals surface area contributed by atoms with Crippen molar-refractivity contribution >= 4 is 5.57 Å². The molecule has 0 unspecified atom stereocenters. The molecule has 0 amide bonds. The lowest BCUT2D eigenvalue weighted by atomic mass is 9.59. The molecule has 0 atom stereocenters. The Labute approximate surface area is 166 Å². The average molecular weight is 372 g/mol. The van der Waals surface area contributed by atoms with Gasteiger partial charge in [-0.25, -0.2) is 4.39 Å². The average Bonchev–Trinajstić information content (AvgIpc) is 2.58. The van der Waals surface area contributed by atoms with Crippen LogP contribution in [0.3, 0.4) is 0 Å². The second-order valence-corrected chi connectivity index (χ2v) is 10.5. The molecule has 1 aromatic rings. The zero-order chi connectivity index (χ0) is 19.7.